The van der Waals surface area contributed by atoms with Crippen molar-refractivity contribution >= 4 is 11.9 Å². The molecule has 1 aliphatic rings. The Morgan fingerprint density at radius 3 is 2.38 bits per heavy atom. The largest absolute Gasteiger partial charge is 0.497 e. The first kappa shape index (κ1) is 26.2. The Kier molecular flexibility index (Phi) is 8.79. The van der Waals surface area contributed by atoms with E-state index in [9.17, 15) is 9.59 Å². The van der Waals surface area contributed by atoms with Gasteiger partial charge in [-0.15, -0.1) is 0 Å². The molecule has 4 rings (SSSR count). The van der Waals surface area contributed by atoms with E-state index in [1.807, 2.05) is 59.3 Å². The molecular formula is C28H33N3O6. The number of rotatable bonds is 12. The molecule has 2 aromatic carbocycles. The van der Waals surface area contributed by atoms with Crippen molar-refractivity contribution < 1.29 is 28.9 Å². The van der Waals surface area contributed by atoms with Gasteiger partial charge in [-0.1, -0.05) is 42.5 Å². The maximum Gasteiger partial charge on any atom is 0.329 e. The molecule has 0 bridgehead atoms. The lowest BCUT2D eigenvalue weighted by Crippen LogP contribution is -2.24. The number of carbonyl (C=O) groups excluding carboxylic acids is 1. The second-order valence-corrected chi connectivity index (χ2v) is 9.36. The van der Waals surface area contributed by atoms with Gasteiger partial charge in [0.2, 0.25) is 5.88 Å². The highest BCUT2D eigenvalue weighted by Crippen LogP contribution is 2.41. The number of aliphatic carboxylic acids is 1. The third kappa shape index (κ3) is 6.89. The third-order valence-electron chi connectivity index (χ3n) is 6.64. The summed E-state index contributed by atoms with van der Waals surface area (Å²) >= 11 is 0. The average Bonchev–Trinajstić information content (AvgIpc) is 3.26. The van der Waals surface area contributed by atoms with Crippen LogP contribution >= 0.6 is 0 Å². The van der Waals surface area contributed by atoms with Crippen LogP contribution in [0, 0.1) is 11.8 Å². The SMILES string of the molecule is COc1cccc(-c2c(-c3ccccc3)nn(C[C@H]3CC[C@@H](COCC(=O)O)CC3)c2OCC(N)=O)c1. The second-order valence-electron chi connectivity index (χ2n) is 9.36. The Morgan fingerprint density at radius 2 is 1.70 bits per heavy atom. The van der Waals surface area contributed by atoms with Gasteiger partial charge in [-0.2, -0.15) is 5.10 Å². The molecule has 3 aromatic rings. The maximum absolute atomic E-state index is 11.7. The minimum atomic E-state index is -0.947. The number of nitrogens with zero attached hydrogens (tertiary/aromatic N) is 2. The lowest BCUT2D eigenvalue weighted by atomic mass is 9.82. The molecule has 0 saturated heterocycles. The van der Waals surface area contributed by atoms with Gasteiger partial charge in [-0.25, -0.2) is 9.48 Å². The fourth-order valence-electron chi connectivity index (χ4n) is 4.83. The number of amides is 1. The van der Waals surface area contributed by atoms with Crippen LogP contribution in [0.4, 0.5) is 0 Å². The zero-order chi connectivity index (χ0) is 26.2. The van der Waals surface area contributed by atoms with E-state index < -0.39 is 11.9 Å². The van der Waals surface area contributed by atoms with Crippen LogP contribution in [-0.4, -0.2) is 53.7 Å². The summed E-state index contributed by atoms with van der Waals surface area (Å²) in [7, 11) is 1.62. The molecule has 9 nitrogen and oxygen atoms in total. The van der Waals surface area contributed by atoms with E-state index in [2.05, 4.69) is 0 Å². The Hall–Kier alpha value is -3.85. The van der Waals surface area contributed by atoms with Crippen LogP contribution in [0.15, 0.2) is 54.6 Å². The summed E-state index contributed by atoms with van der Waals surface area (Å²) in [5, 5.41) is 13.8. The Labute approximate surface area is 216 Å². The average molecular weight is 508 g/mol. The van der Waals surface area contributed by atoms with Gasteiger partial charge in [0.1, 0.15) is 18.1 Å². The van der Waals surface area contributed by atoms with Crippen LogP contribution in [0.1, 0.15) is 25.7 Å². The Balaban J connectivity index is 1.64. The van der Waals surface area contributed by atoms with E-state index in [1.54, 1.807) is 7.11 Å². The summed E-state index contributed by atoms with van der Waals surface area (Å²) in [5.74, 6) is 0.398. The molecule has 1 saturated carbocycles. The number of carboxylic acid groups (broad SMARTS) is 1. The minimum Gasteiger partial charge on any atom is -0.497 e. The van der Waals surface area contributed by atoms with Crippen molar-refractivity contribution in [2.45, 2.75) is 32.2 Å². The van der Waals surface area contributed by atoms with E-state index in [0.29, 0.717) is 36.6 Å². The highest BCUT2D eigenvalue weighted by molar-refractivity contribution is 5.85. The fourth-order valence-corrected chi connectivity index (χ4v) is 4.83. The minimum absolute atomic E-state index is 0.259. The fraction of sp³-hybridized carbons (Fsp3) is 0.393. The van der Waals surface area contributed by atoms with Crippen molar-refractivity contribution in [1.29, 1.82) is 0 Å². The Bertz CT molecular complexity index is 1200. The number of hydrogen-bond donors (Lipinski definition) is 2. The molecule has 196 valence electrons. The highest BCUT2D eigenvalue weighted by atomic mass is 16.5. The number of aromatic nitrogens is 2. The van der Waals surface area contributed by atoms with E-state index in [4.69, 9.17) is 30.1 Å². The van der Waals surface area contributed by atoms with Crippen molar-refractivity contribution in [3.05, 3.63) is 54.6 Å². The standard InChI is InChI=1S/C28H33N3O6/c1-35-23-9-5-8-22(14-23)26-27(21-6-3-2-4-7-21)30-31(28(26)37-17-24(29)32)15-19-10-12-20(13-11-19)16-36-18-25(33)34/h2-9,14,19-20H,10-13,15-18H2,1H3,(H2,29,32)(H,33,34)/t19-,20+. The molecule has 0 unspecified atom stereocenters. The van der Waals surface area contributed by atoms with Crippen molar-refractivity contribution in [3.8, 4) is 34.0 Å². The summed E-state index contributed by atoms with van der Waals surface area (Å²) in [6, 6.07) is 17.5. The summed E-state index contributed by atoms with van der Waals surface area (Å²) in [5.41, 5.74) is 8.77. The third-order valence-corrected chi connectivity index (χ3v) is 6.64. The predicted molar refractivity (Wildman–Crippen MR) is 138 cm³/mol. The van der Waals surface area contributed by atoms with Gasteiger partial charge in [0.15, 0.2) is 6.61 Å². The highest BCUT2D eigenvalue weighted by Gasteiger charge is 2.27. The summed E-state index contributed by atoms with van der Waals surface area (Å²) in [4.78, 5) is 22.4. The molecule has 37 heavy (non-hydrogen) atoms. The number of benzene rings is 2. The predicted octanol–water partition coefficient (Wildman–Crippen LogP) is 4.00. The summed E-state index contributed by atoms with van der Waals surface area (Å²) < 4.78 is 18.6. The maximum atomic E-state index is 11.7. The Morgan fingerprint density at radius 1 is 1.00 bits per heavy atom. The molecule has 0 radical (unpaired) electrons. The molecule has 0 spiro atoms. The number of hydrogen-bond acceptors (Lipinski definition) is 6. The van der Waals surface area contributed by atoms with Gasteiger partial charge in [0.25, 0.3) is 5.91 Å². The molecule has 0 atom stereocenters. The van der Waals surface area contributed by atoms with Gasteiger partial charge in [-0.3, -0.25) is 4.79 Å². The molecule has 3 N–H and O–H groups in total. The normalized spacial score (nSPS) is 17.3. The number of ether oxygens (including phenoxy) is 3. The molecule has 1 fully saturated rings. The topological polar surface area (TPSA) is 126 Å². The van der Waals surface area contributed by atoms with Crippen molar-refractivity contribution in [3.63, 3.8) is 0 Å². The lowest BCUT2D eigenvalue weighted by Gasteiger charge is -2.28. The van der Waals surface area contributed by atoms with Gasteiger partial charge >= 0.3 is 5.97 Å². The van der Waals surface area contributed by atoms with E-state index in [0.717, 1.165) is 48.1 Å². The van der Waals surface area contributed by atoms with Crippen LogP contribution < -0.4 is 15.2 Å². The lowest BCUT2D eigenvalue weighted by molar-refractivity contribution is -0.142. The molecule has 1 aliphatic carbocycles. The van der Waals surface area contributed by atoms with E-state index in [1.165, 1.54) is 0 Å². The molecule has 1 amide bonds. The zero-order valence-corrected chi connectivity index (χ0v) is 21.0. The number of primary amides is 1. The first-order valence-electron chi connectivity index (χ1n) is 12.5. The van der Waals surface area contributed by atoms with Crippen molar-refractivity contribution in [2.24, 2.45) is 17.6 Å². The van der Waals surface area contributed by atoms with Crippen molar-refractivity contribution in [2.75, 3.05) is 26.9 Å². The van der Waals surface area contributed by atoms with Crippen LogP contribution in [-0.2, 0) is 20.9 Å². The molecule has 0 aliphatic heterocycles. The molecule has 1 heterocycles. The zero-order valence-electron chi connectivity index (χ0n) is 21.0. The van der Waals surface area contributed by atoms with Gasteiger partial charge < -0.3 is 25.1 Å². The van der Waals surface area contributed by atoms with Gasteiger partial charge in [0, 0.05) is 12.1 Å². The summed E-state index contributed by atoms with van der Waals surface area (Å²) in [6.07, 6.45) is 3.84. The quantitative estimate of drug-likeness (QED) is 0.379. The molecule has 9 heteroatoms. The van der Waals surface area contributed by atoms with Crippen LogP contribution in [0.5, 0.6) is 11.6 Å². The van der Waals surface area contributed by atoms with Gasteiger partial charge in [-0.05, 0) is 55.2 Å². The summed E-state index contributed by atoms with van der Waals surface area (Å²) in [6.45, 7) is 0.570. The molecule has 1 aromatic heterocycles. The second kappa shape index (κ2) is 12.4. The van der Waals surface area contributed by atoms with E-state index in [-0.39, 0.29) is 13.2 Å². The number of nitrogens with two attached hydrogens (primary N) is 1. The van der Waals surface area contributed by atoms with Gasteiger partial charge in [0.05, 0.1) is 19.3 Å². The number of carboxylic acids is 1. The first-order valence-corrected chi connectivity index (χ1v) is 12.5. The van der Waals surface area contributed by atoms with Crippen LogP contribution in [0.25, 0.3) is 22.4 Å². The first-order chi connectivity index (χ1) is 17.9. The smallest absolute Gasteiger partial charge is 0.329 e. The molecular weight excluding hydrogens is 474 g/mol. The van der Waals surface area contributed by atoms with Crippen molar-refractivity contribution in [1.82, 2.24) is 9.78 Å². The monoisotopic (exact) mass is 507 g/mol. The van der Waals surface area contributed by atoms with E-state index >= 15 is 0 Å². The van der Waals surface area contributed by atoms with Crippen LogP contribution in [0.3, 0.4) is 0 Å². The van der Waals surface area contributed by atoms with Crippen LogP contribution in [0.2, 0.25) is 0 Å². The number of carbonyl (C=O) groups is 2. The number of methoxy groups -OCH3 is 1.